The Hall–Kier alpha value is -5.38. The molecule has 206 valence electrons. The molecular weight excluding hydrogens is 535 g/mol. The molecule has 1 heterocycles. The number of fused-ring (bicyclic) bond motifs is 1. The maximum Gasteiger partial charge on any atom is 0.416 e. The van der Waals surface area contributed by atoms with Gasteiger partial charge in [0.25, 0.3) is 5.91 Å². The lowest BCUT2D eigenvalue weighted by molar-refractivity contribution is -0.137. The normalized spacial score (nSPS) is 11.5. The first kappa shape index (κ1) is 27.2. The van der Waals surface area contributed by atoms with E-state index in [-0.39, 0.29) is 17.0 Å². The van der Waals surface area contributed by atoms with Crippen LogP contribution in [0.1, 0.15) is 32.0 Å². The molecule has 10 heteroatoms. The van der Waals surface area contributed by atoms with Gasteiger partial charge >= 0.3 is 12.1 Å². The van der Waals surface area contributed by atoms with E-state index in [1.54, 1.807) is 31.4 Å². The molecule has 0 atom stereocenters. The predicted molar refractivity (Wildman–Crippen MR) is 148 cm³/mol. The number of nitrogens with one attached hydrogen (secondary N) is 2. The number of amides is 1. The highest BCUT2D eigenvalue weighted by Crippen LogP contribution is 2.35. The standard InChI is InChI=1S/C31H22F3N3O4/c1-40-23-14-15-25-24(17-23)27(19-8-3-2-4-9-19)28(36-25)29(38)37-35-18-21-10-5-6-13-26(21)41-30(39)20-11-7-12-22(16-20)31(32,33)34/h2-18,36H,1H3,(H,37,38). The number of ether oxygens (including phenoxy) is 2. The lowest BCUT2D eigenvalue weighted by Crippen LogP contribution is -2.19. The summed E-state index contributed by atoms with van der Waals surface area (Å²) in [4.78, 5) is 29.0. The zero-order valence-electron chi connectivity index (χ0n) is 21.5. The van der Waals surface area contributed by atoms with E-state index in [2.05, 4.69) is 15.5 Å². The summed E-state index contributed by atoms with van der Waals surface area (Å²) in [5.41, 5.74) is 4.07. The molecule has 0 spiro atoms. The number of para-hydroxylation sites is 1. The number of esters is 1. The number of benzene rings is 4. The predicted octanol–water partition coefficient (Wildman–Crippen LogP) is 6.85. The second-order valence-electron chi connectivity index (χ2n) is 8.86. The number of alkyl halides is 3. The number of carbonyl (C=O) groups is 2. The van der Waals surface area contributed by atoms with Crippen molar-refractivity contribution in [3.63, 3.8) is 0 Å². The number of aromatic amines is 1. The monoisotopic (exact) mass is 557 g/mol. The van der Waals surface area contributed by atoms with Crippen molar-refractivity contribution < 1.29 is 32.2 Å². The van der Waals surface area contributed by atoms with Gasteiger partial charge in [-0.05, 0) is 54.1 Å². The van der Waals surface area contributed by atoms with Crippen molar-refractivity contribution in [2.24, 2.45) is 5.10 Å². The number of halogens is 3. The summed E-state index contributed by atoms with van der Waals surface area (Å²) >= 11 is 0. The number of hydrogen-bond donors (Lipinski definition) is 2. The van der Waals surface area contributed by atoms with Crippen LogP contribution in [0.3, 0.4) is 0 Å². The largest absolute Gasteiger partial charge is 0.497 e. The third kappa shape index (κ3) is 5.96. The van der Waals surface area contributed by atoms with E-state index in [4.69, 9.17) is 9.47 Å². The molecule has 4 aromatic carbocycles. The molecule has 0 aliphatic heterocycles. The minimum atomic E-state index is -4.60. The summed E-state index contributed by atoms with van der Waals surface area (Å²) in [7, 11) is 1.56. The average molecular weight is 558 g/mol. The molecule has 0 bridgehead atoms. The maximum atomic E-state index is 13.2. The highest BCUT2D eigenvalue weighted by Gasteiger charge is 2.31. The van der Waals surface area contributed by atoms with Crippen LogP contribution in [-0.4, -0.2) is 30.2 Å². The Kier molecular flexibility index (Phi) is 7.55. The molecular formula is C31H22F3N3O4. The molecule has 0 saturated carbocycles. The van der Waals surface area contributed by atoms with Crippen molar-refractivity contribution in [3.8, 4) is 22.6 Å². The summed E-state index contributed by atoms with van der Waals surface area (Å²) in [6.45, 7) is 0. The average Bonchev–Trinajstić information content (AvgIpc) is 3.37. The number of carbonyl (C=O) groups excluding carboxylic acids is 2. The van der Waals surface area contributed by atoms with Gasteiger partial charge < -0.3 is 14.5 Å². The van der Waals surface area contributed by atoms with Gasteiger partial charge in [-0.3, -0.25) is 4.79 Å². The van der Waals surface area contributed by atoms with Crippen LogP contribution >= 0.6 is 0 Å². The summed E-state index contributed by atoms with van der Waals surface area (Å²) in [6, 6.07) is 25.1. The van der Waals surface area contributed by atoms with Gasteiger partial charge in [-0.15, -0.1) is 0 Å². The third-order valence-electron chi connectivity index (χ3n) is 6.21. The fourth-order valence-electron chi connectivity index (χ4n) is 4.25. The summed E-state index contributed by atoms with van der Waals surface area (Å²) in [5.74, 6) is -0.804. The number of hydrazone groups is 1. The second kappa shape index (κ2) is 11.4. The molecule has 2 N–H and O–H groups in total. The third-order valence-corrected chi connectivity index (χ3v) is 6.21. The lowest BCUT2D eigenvalue weighted by Gasteiger charge is -2.10. The molecule has 0 fully saturated rings. The molecule has 5 rings (SSSR count). The first-order valence-electron chi connectivity index (χ1n) is 12.3. The zero-order valence-corrected chi connectivity index (χ0v) is 21.5. The van der Waals surface area contributed by atoms with Crippen LogP contribution in [0.15, 0.2) is 102 Å². The van der Waals surface area contributed by atoms with Crippen molar-refractivity contribution in [2.45, 2.75) is 6.18 Å². The van der Waals surface area contributed by atoms with Gasteiger partial charge in [0.1, 0.15) is 17.2 Å². The molecule has 1 amide bonds. The molecule has 5 aromatic rings. The molecule has 0 aliphatic rings. The van der Waals surface area contributed by atoms with Crippen LogP contribution < -0.4 is 14.9 Å². The van der Waals surface area contributed by atoms with Crippen LogP contribution in [-0.2, 0) is 6.18 Å². The minimum absolute atomic E-state index is 0.0515. The van der Waals surface area contributed by atoms with Crippen molar-refractivity contribution in [3.05, 3.63) is 119 Å². The van der Waals surface area contributed by atoms with Gasteiger partial charge in [0, 0.05) is 22.0 Å². The van der Waals surface area contributed by atoms with Gasteiger partial charge in [-0.2, -0.15) is 18.3 Å². The minimum Gasteiger partial charge on any atom is -0.497 e. The summed E-state index contributed by atoms with van der Waals surface area (Å²) < 4.78 is 49.9. The number of H-pyrrole nitrogens is 1. The molecule has 0 aliphatic carbocycles. The Bertz CT molecular complexity index is 1760. The van der Waals surface area contributed by atoms with E-state index >= 15 is 0 Å². The Labute approximate surface area is 232 Å². The first-order chi connectivity index (χ1) is 19.7. The first-order valence-corrected chi connectivity index (χ1v) is 12.3. The van der Waals surface area contributed by atoms with Crippen LogP contribution in [0.25, 0.3) is 22.0 Å². The highest BCUT2D eigenvalue weighted by atomic mass is 19.4. The molecule has 7 nitrogen and oxygen atoms in total. The van der Waals surface area contributed by atoms with Gasteiger partial charge in [-0.1, -0.05) is 48.5 Å². The highest BCUT2D eigenvalue weighted by molar-refractivity contribution is 6.10. The van der Waals surface area contributed by atoms with Crippen LogP contribution in [0, 0.1) is 0 Å². The van der Waals surface area contributed by atoms with E-state index in [9.17, 15) is 22.8 Å². The SMILES string of the molecule is COc1ccc2[nH]c(C(=O)NN=Cc3ccccc3OC(=O)c3cccc(C(F)(F)F)c3)c(-c3ccccc3)c2c1. The van der Waals surface area contributed by atoms with Crippen LogP contribution in [0.2, 0.25) is 0 Å². The summed E-state index contributed by atoms with van der Waals surface area (Å²) in [5, 5.41) is 4.82. The van der Waals surface area contributed by atoms with Gasteiger partial charge in [0.15, 0.2) is 0 Å². The molecule has 0 unspecified atom stereocenters. The summed E-state index contributed by atoms with van der Waals surface area (Å²) in [6.07, 6.45) is -3.32. The Balaban J connectivity index is 1.38. The van der Waals surface area contributed by atoms with E-state index in [1.165, 1.54) is 18.3 Å². The molecule has 41 heavy (non-hydrogen) atoms. The topological polar surface area (TPSA) is 92.8 Å². The molecule has 0 radical (unpaired) electrons. The van der Waals surface area contributed by atoms with E-state index < -0.39 is 23.6 Å². The van der Waals surface area contributed by atoms with Crippen LogP contribution in [0.5, 0.6) is 11.5 Å². The number of rotatable bonds is 7. The van der Waals surface area contributed by atoms with E-state index in [0.717, 1.165) is 34.7 Å². The number of hydrogen-bond acceptors (Lipinski definition) is 5. The van der Waals surface area contributed by atoms with Crippen LogP contribution in [0.4, 0.5) is 13.2 Å². The smallest absolute Gasteiger partial charge is 0.416 e. The van der Waals surface area contributed by atoms with Crippen molar-refractivity contribution in [1.82, 2.24) is 10.4 Å². The van der Waals surface area contributed by atoms with Gasteiger partial charge in [0.05, 0.1) is 24.5 Å². The fraction of sp³-hybridized carbons (Fsp3) is 0.0645. The molecule has 1 aromatic heterocycles. The van der Waals surface area contributed by atoms with Gasteiger partial charge in [-0.25, -0.2) is 10.2 Å². The van der Waals surface area contributed by atoms with E-state index in [1.807, 2.05) is 42.5 Å². The quantitative estimate of drug-likeness (QED) is 0.0991. The van der Waals surface area contributed by atoms with E-state index in [0.29, 0.717) is 16.9 Å². The fourth-order valence-corrected chi connectivity index (χ4v) is 4.25. The number of methoxy groups -OCH3 is 1. The van der Waals surface area contributed by atoms with Crippen molar-refractivity contribution in [1.29, 1.82) is 0 Å². The van der Waals surface area contributed by atoms with Gasteiger partial charge in [0.2, 0.25) is 0 Å². The number of nitrogens with zero attached hydrogens (tertiary/aromatic N) is 1. The zero-order chi connectivity index (χ0) is 29.0. The second-order valence-corrected chi connectivity index (χ2v) is 8.86. The molecule has 0 saturated heterocycles. The van der Waals surface area contributed by atoms with Crippen molar-refractivity contribution in [2.75, 3.05) is 7.11 Å². The maximum absolute atomic E-state index is 13.2. The Morgan fingerprint density at radius 2 is 1.66 bits per heavy atom. The Morgan fingerprint density at radius 3 is 2.41 bits per heavy atom. The number of aromatic nitrogens is 1. The van der Waals surface area contributed by atoms with Crippen molar-refractivity contribution >= 4 is 29.0 Å². The Morgan fingerprint density at radius 1 is 0.902 bits per heavy atom. The lowest BCUT2D eigenvalue weighted by atomic mass is 10.0.